The van der Waals surface area contributed by atoms with Crippen LogP contribution in [0.25, 0.3) is 0 Å². The van der Waals surface area contributed by atoms with Gasteiger partial charge in [0.15, 0.2) is 9.84 Å². The molecule has 2 aromatic carbocycles. The van der Waals surface area contributed by atoms with Crippen molar-refractivity contribution in [2.45, 2.75) is 43.9 Å². The average Bonchev–Trinajstić information content (AvgIpc) is 3.20. The van der Waals surface area contributed by atoms with Gasteiger partial charge < -0.3 is 10.2 Å². The van der Waals surface area contributed by atoms with Crippen LogP contribution in [-0.2, 0) is 14.6 Å². The number of hydrogen-bond donors (Lipinski definition) is 1. The van der Waals surface area contributed by atoms with Crippen LogP contribution in [0.1, 0.15) is 35.3 Å². The molecule has 3 rings (SSSR count). The lowest BCUT2D eigenvalue weighted by Crippen LogP contribution is -2.44. The first-order chi connectivity index (χ1) is 14.1. The van der Waals surface area contributed by atoms with Gasteiger partial charge in [0.25, 0.3) is 5.91 Å². The Hall–Kier alpha value is -2.32. The minimum atomic E-state index is -3.40. The molecule has 0 bridgehead atoms. The number of carbonyl (C=O) groups excluding carboxylic acids is 2. The number of amides is 2. The van der Waals surface area contributed by atoms with E-state index in [9.17, 15) is 18.0 Å². The third-order valence-electron chi connectivity index (χ3n) is 5.27. The third kappa shape index (κ3) is 4.54. The van der Waals surface area contributed by atoms with E-state index in [2.05, 4.69) is 5.32 Å². The molecule has 1 aliphatic rings. The zero-order chi connectivity index (χ0) is 22.1. The van der Waals surface area contributed by atoms with Gasteiger partial charge in [-0.2, -0.15) is 0 Å². The summed E-state index contributed by atoms with van der Waals surface area (Å²) in [5.74, 6) is 0.419. The van der Waals surface area contributed by atoms with Gasteiger partial charge in [0.05, 0.1) is 16.0 Å². The van der Waals surface area contributed by atoms with E-state index in [0.29, 0.717) is 22.9 Å². The summed E-state index contributed by atoms with van der Waals surface area (Å²) in [6.07, 6.45) is 0. The van der Waals surface area contributed by atoms with E-state index >= 15 is 0 Å². The summed E-state index contributed by atoms with van der Waals surface area (Å²) in [7, 11) is -3.40. The highest BCUT2D eigenvalue weighted by Crippen LogP contribution is 2.26. The quantitative estimate of drug-likeness (QED) is 0.758. The molecule has 1 aliphatic heterocycles. The monoisotopic (exact) mass is 446 g/mol. The van der Waals surface area contributed by atoms with Crippen molar-refractivity contribution in [2.24, 2.45) is 0 Å². The molecule has 160 valence electrons. The van der Waals surface area contributed by atoms with E-state index in [1.165, 1.54) is 40.9 Å². The molecule has 1 unspecified atom stereocenters. The van der Waals surface area contributed by atoms with Crippen LogP contribution in [0.5, 0.6) is 0 Å². The first kappa shape index (κ1) is 22.4. The second-order valence-electron chi connectivity index (χ2n) is 7.70. The van der Waals surface area contributed by atoms with Crippen LogP contribution in [0.15, 0.2) is 47.4 Å². The van der Waals surface area contributed by atoms with Crippen LogP contribution in [0, 0.1) is 13.8 Å². The van der Waals surface area contributed by atoms with Crippen LogP contribution in [0.4, 0.5) is 5.69 Å². The van der Waals surface area contributed by atoms with Crippen LogP contribution >= 0.6 is 11.8 Å². The molecule has 1 heterocycles. The number of benzene rings is 2. The zero-order valence-corrected chi connectivity index (χ0v) is 19.1. The van der Waals surface area contributed by atoms with Crippen molar-refractivity contribution in [3.63, 3.8) is 0 Å². The molecule has 0 aromatic heterocycles. The molecule has 1 atom stereocenters. The lowest BCUT2D eigenvalue weighted by molar-refractivity contribution is -0.119. The lowest BCUT2D eigenvalue weighted by atomic mass is 10.1. The summed E-state index contributed by atoms with van der Waals surface area (Å²) in [6.45, 7) is 7.23. The van der Waals surface area contributed by atoms with Crippen molar-refractivity contribution < 1.29 is 18.0 Å². The van der Waals surface area contributed by atoms with E-state index < -0.39 is 21.1 Å². The molecule has 0 radical (unpaired) electrons. The lowest BCUT2D eigenvalue weighted by Gasteiger charge is -2.23. The van der Waals surface area contributed by atoms with Gasteiger partial charge in [-0.05, 0) is 75.2 Å². The Morgan fingerprint density at radius 2 is 1.73 bits per heavy atom. The van der Waals surface area contributed by atoms with Gasteiger partial charge in [-0.25, -0.2) is 8.42 Å². The predicted molar refractivity (Wildman–Crippen MR) is 121 cm³/mol. The van der Waals surface area contributed by atoms with Crippen molar-refractivity contribution in [2.75, 3.05) is 16.9 Å². The Kier molecular flexibility index (Phi) is 6.57. The second-order valence-corrected chi connectivity index (χ2v) is 11.2. The Morgan fingerprint density at radius 1 is 1.07 bits per heavy atom. The summed E-state index contributed by atoms with van der Waals surface area (Å²) in [6, 6.07) is 11.1. The second kappa shape index (κ2) is 8.81. The maximum absolute atomic E-state index is 13.0. The van der Waals surface area contributed by atoms with Gasteiger partial charge in [-0.15, -0.1) is 11.8 Å². The molecule has 2 amide bonds. The largest absolute Gasteiger partial charge is 0.324 e. The van der Waals surface area contributed by atoms with Gasteiger partial charge in [-0.3, -0.25) is 9.59 Å². The fraction of sp³-hybridized carbons (Fsp3) is 0.364. The Morgan fingerprint density at radius 3 is 2.33 bits per heavy atom. The van der Waals surface area contributed by atoms with Gasteiger partial charge in [0.2, 0.25) is 5.91 Å². The molecule has 30 heavy (non-hydrogen) atoms. The van der Waals surface area contributed by atoms with E-state index in [4.69, 9.17) is 0 Å². The molecular formula is C22H26N2O4S2. The number of nitrogens with zero attached hydrogens (tertiary/aromatic N) is 1. The molecule has 1 fully saturated rings. The molecule has 2 aromatic rings. The third-order valence-corrected chi connectivity index (χ3v) is 8.45. The topological polar surface area (TPSA) is 83.6 Å². The highest BCUT2D eigenvalue weighted by Gasteiger charge is 2.35. The molecule has 1 saturated heterocycles. The Bertz CT molecular complexity index is 1060. The van der Waals surface area contributed by atoms with Crippen molar-refractivity contribution in [1.29, 1.82) is 0 Å². The van der Waals surface area contributed by atoms with E-state index in [0.717, 1.165) is 11.1 Å². The number of aryl methyl sites for hydroxylation is 2. The maximum Gasteiger partial charge on any atom is 0.255 e. The average molecular weight is 447 g/mol. The highest BCUT2D eigenvalue weighted by molar-refractivity contribution is 7.99. The fourth-order valence-corrected chi connectivity index (χ4v) is 5.34. The molecule has 8 heteroatoms. The predicted octanol–water partition coefficient (Wildman–Crippen LogP) is 3.64. The minimum absolute atomic E-state index is 0.189. The number of carbonyl (C=O) groups is 2. The summed E-state index contributed by atoms with van der Waals surface area (Å²) in [5.41, 5.74) is 3.29. The fourth-order valence-electron chi connectivity index (χ4n) is 3.13. The molecule has 0 aliphatic carbocycles. The summed E-state index contributed by atoms with van der Waals surface area (Å²) >= 11 is 1.52. The van der Waals surface area contributed by atoms with Crippen LogP contribution < -0.4 is 5.32 Å². The summed E-state index contributed by atoms with van der Waals surface area (Å²) < 4.78 is 24.6. The van der Waals surface area contributed by atoms with Crippen LogP contribution in [0.3, 0.4) is 0 Å². The number of hydrogen-bond acceptors (Lipinski definition) is 5. The number of anilines is 1. The van der Waals surface area contributed by atoms with Crippen molar-refractivity contribution in [3.05, 3.63) is 59.2 Å². The van der Waals surface area contributed by atoms with Crippen molar-refractivity contribution in [1.82, 2.24) is 4.90 Å². The normalized spacial score (nSPS) is 16.7. The van der Waals surface area contributed by atoms with Crippen LogP contribution in [-0.4, -0.2) is 48.1 Å². The van der Waals surface area contributed by atoms with Gasteiger partial charge >= 0.3 is 0 Å². The number of nitrogens with one attached hydrogen (secondary N) is 1. The number of thioether (sulfide) groups is 1. The first-order valence-corrected chi connectivity index (χ1v) is 12.4. The van der Waals surface area contributed by atoms with E-state index in [1.54, 1.807) is 13.8 Å². The first-order valence-electron chi connectivity index (χ1n) is 9.72. The van der Waals surface area contributed by atoms with E-state index in [1.807, 2.05) is 32.0 Å². The Balaban J connectivity index is 1.75. The van der Waals surface area contributed by atoms with Crippen molar-refractivity contribution in [3.8, 4) is 0 Å². The van der Waals surface area contributed by atoms with Crippen molar-refractivity contribution >= 4 is 39.1 Å². The maximum atomic E-state index is 13.0. The summed E-state index contributed by atoms with van der Waals surface area (Å²) in [5, 5.41) is 2.37. The SMILES string of the molecule is Cc1ccc(NC(=O)C2CSCN2C(=O)c2ccc(S(=O)(=O)C(C)C)cc2)cc1C. The summed E-state index contributed by atoms with van der Waals surface area (Å²) in [4.78, 5) is 27.5. The zero-order valence-electron chi connectivity index (χ0n) is 17.5. The Labute approximate surface area is 182 Å². The van der Waals surface area contributed by atoms with Gasteiger partial charge in [-0.1, -0.05) is 6.07 Å². The number of rotatable bonds is 5. The minimum Gasteiger partial charge on any atom is -0.324 e. The van der Waals surface area contributed by atoms with Gasteiger partial charge in [0, 0.05) is 17.0 Å². The standard InChI is InChI=1S/C22H26N2O4S2/c1-14(2)30(27,28)19-9-6-17(7-10-19)22(26)24-13-29-12-20(24)21(25)23-18-8-5-15(3)16(4)11-18/h5-11,14,20H,12-13H2,1-4H3,(H,23,25). The smallest absolute Gasteiger partial charge is 0.255 e. The molecular weight excluding hydrogens is 420 g/mol. The molecule has 6 nitrogen and oxygen atoms in total. The molecule has 0 saturated carbocycles. The van der Waals surface area contributed by atoms with Gasteiger partial charge in [0.1, 0.15) is 6.04 Å². The molecule has 0 spiro atoms. The number of sulfone groups is 1. The molecule has 1 N–H and O–H groups in total. The van der Waals surface area contributed by atoms with Crippen LogP contribution in [0.2, 0.25) is 0 Å². The highest BCUT2D eigenvalue weighted by atomic mass is 32.2. The van der Waals surface area contributed by atoms with E-state index in [-0.39, 0.29) is 16.7 Å².